The molecule has 21 heavy (non-hydrogen) atoms. The zero-order chi connectivity index (χ0) is 14.5. The fourth-order valence-electron chi connectivity index (χ4n) is 3.43. The standard InChI is InChI=1S/C15H27N3O2.ClH/c1-11-7-12(8-16)10-18(11)14(19)9-17-15(20)13-5-3-2-4-6-13;/h11-13H,2-10,16H2,1H3,(H,17,20);1H. The largest absolute Gasteiger partial charge is 0.347 e. The van der Waals surface area contributed by atoms with Crippen molar-refractivity contribution in [3.63, 3.8) is 0 Å². The van der Waals surface area contributed by atoms with Gasteiger partial charge in [0.25, 0.3) is 0 Å². The number of hydrogen-bond donors (Lipinski definition) is 2. The van der Waals surface area contributed by atoms with Gasteiger partial charge in [-0.15, -0.1) is 12.4 Å². The van der Waals surface area contributed by atoms with Crippen LogP contribution in [-0.2, 0) is 9.59 Å². The number of halogens is 1. The molecule has 1 saturated carbocycles. The summed E-state index contributed by atoms with van der Waals surface area (Å²) in [6, 6.07) is 0.239. The predicted octanol–water partition coefficient (Wildman–Crippen LogP) is 1.30. The van der Waals surface area contributed by atoms with E-state index in [1.54, 1.807) is 0 Å². The number of amides is 2. The molecule has 0 aromatic rings. The molecule has 1 aliphatic carbocycles. The lowest BCUT2D eigenvalue weighted by atomic mass is 9.89. The van der Waals surface area contributed by atoms with Crippen molar-refractivity contribution in [2.24, 2.45) is 17.6 Å². The minimum Gasteiger partial charge on any atom is -0.347 e. The Morgan fingerprint density at radius 3 is 2.48 bits per heavy atom. The van der Waals surface area contributed by atoms with E-state index in [1.165, 1.54) is 6.42 Å². The van der Waals surface area contributed by atoms with Crippen molar-refractivity contribution in [3.05, 3.63) is 0 Å². The van der Waals surface area contributed by atoms with E-state index in [9.17, 15) is 9.59 Å². The first-order valence-corrected chi connectivity index (χ1v) is 7.89. The van der Waals surface area contributed by atoms with Gasteiger partial charge in [-0.3, -0.25) is 9.59 Å². The van der Waals surface area contributed by atoms with Crippen molar-refractivity contribution in [3.8, 4) is 0 Å². The maximum Gasteiger partial charge on any atom is 0.242 e. The van der Waals surface area contributed by atoms with Gasteiger partial charge in [-0.2, -0.15) is 0 Å². The smallest absolute Gasteiger partial charge is 0.242 e. The summed E-state index contributed by atoms with van der Waals surface area (Å²) in [5.41, 5.74) is 5.67. The number of nitrogens with zero attached hydrogens (tertiary/aromatic N) is 1. The Balaban J connectivity index is 0.00000220. The maximum absolute atomic E-state index is 12.2. The van der Waals surface area contributed by atoms with Gasteiger partial charge in [-0.1, -0.05) is 19.3 Å². The van der Waals surface area contributed by atoms with Gasteiger partial charge in [0.1, 0.15) is 0 Å². The molecule has 0 spiro atoms. The molecular formula is C15H28ClN3O2. The van der Waals surface area contributed by atoms with E-state index in [0.717, 1.165) is 38.6 Å². The van der Waals surface area contributed by atoms with Crippen LogP contribution in [0.4, 0.5) is 0 Å². The Morgan fingerprint density at radius 2 is 1.90 bits per heavy atom. The summed E-state index contributed by atoms with van der Waals surface area (Å²) in [6.45, 7) is 3.55. The number of nitrogens with two attached hydrogens (primary N) is 1. The van der Waals surface area contributed by atoms with E-state index in [2.05, 4.69) is 12.2 Å². The Labute approximate surface area is 133 Å². The summed E-state index contributed by atoms with van der Waals surface area (Å²) in [5.74, 6) is 0.602. The summed E-state index contributed by atoms with van der Waals surface area (Å²) in [6.07, 6.45) is 6.40. The number of nitrogens with one attached hydrogen (secondary N) is 1. The summed E-state index contributed by atoms with van der Waals surface area (Å²) in [5, 5.41) is 2.82. The highest BCUT2D eigenvalue weighted by molar-refractivity contribution is 5.86. The molecule has 1 aliphatic heterocycles. The number of carbonyl (C=O) groups is 2. The van der Waals surface area contributed by atoms with Crippen LogP contribution in [-0.4, -0.2) is 42.4 Å². The fourth-order valence-corrected chi connectivity index (χ4v) is 3.43. The van der Waals surface area contributed by atoms with Crippen molar-refractivity contribution in [1.29, 1.82) is 0 Å². The van der Waals surface area contributed by atoms with Gasteiger partial charge in [0.2, 0.25) is 11.8 Å². The molecule has 2 aliphatic rings. The van der Waals surface area contributed by atoms with Gasteiger partial charge in [0, 0.05) is 18.5 Å². The molecule has 6 heteroatoms. The SMILES string of the molecule is CC1CC(CN)CN1C(=O)CNC(=O)C1CCCCC1.Cl. The zero-order valence-electron chi connectivity index (χ0n) is 12.8. The molecule has 3 N–H and O–H groups in total. The Hall–Kier alpha value is -0.810. The van der Waals surface area contributed by atoms with E-state index >= 15 is 0 Å². The van der Waals surface area contributed by atoms with Gasteiger partial charge >= 0.3 is 0 Å². The van der Waals surface area contributed by atoms with E-state index in [0.29, 0.717) is 12.5 Å². The second-order valence-corrected chi connectivity index (χ2v) is 6.29. The van der Waals surface area contributed by atoms with Crippen LogP contribution in [0, 0.1) is 11.8 Å². The zero-order valence-corrected chi connectivity index (χ0v) is 13.7. The molecule has 5 nitrogen and oxygen atoms in total. The van der Waals surface area contributed by atoms with Gasteiger partial charge in [0.05, 0.1) is 6.54 Å². The first kappa shape index (κ1) is 18.2. The van der Waals surface area contributed by atoms with Gasteiger partial charge in [-0.05, 0) is 38.6 Å². The topological polar surface area (TPSA) is 75.4 Å². The molecule has 2 fully saturated rings. The molecule has 0 aromatic heterocycles. The molecule has 0 bridgehead atoms. The lowest BCUT2D eigenvalue weighted by Crippen LogP contribution is -2.43. The maximum atomic E-state index is 12.2. The van der Waals surface area contributed by atoms with Crippen LogP contribution in [0.15, 0.2) is 0 Å². The minimum absolute atomic E-state index is 0. The van der Waals surface area contributed by atoms with Crippen LogP contribution in [0.2, 0.25) is 0 Å². The fraction of sp³-hybridized carbons (Fsp3) is 0.867. The Morgan fingerprint density at radius 1 is 1.24 bits per heavy atom. The highest BCUT2D eigenvalue weighted by Crippen LogP contribution is 2.24. The number of rotatable bonds is 4. The molecule has 0 aromatic carbocycles. The average molecular weight is 318 g/mol. The van der Waals surface area contributed by atoms with Crippen molar-refractivity contribution in [2.45, 2.75) is 51.5 Å². The lowest BCUT2D eigenvalue weighted by molar-refractivity contribution is -0.134. The van der Waals surface area contributed by atoms with Gasteiger partial charge < -0.3 is 16.0 Å². The molecule has 1 heterocycles. The van der Waals surface area contributed by atoms with Crippen LogP contribution in [0.5, 0.6) is 0 Å². The summed E-state index contributed by atoms with van der Waals surface area (Å²) in [4.78, 5) is 26.1. The van der Waals surface area contributed by atoms with Crippen LogP contribution < -0.4 is 11.1 Å². The van der Waals surface area contributed by atoms with E-state index in [1.807, 2.05) is 4.90 Å². The van der Waals surface area contributed by atoms with E-state index in [4.69, 9.17) is 5.73 Å². The highest BCUT2D eigenvalue weighted by Gasteiger charge is 2.31. The van der Waals surface area contributed by atoms with Crippen LogP contribution in [0.3, 0.4) is 0 Å². The van der Waals surface area contributed by atoms with Crippen LogP contribution in [0.25, 0.3) is 0 Å². The number of hydrogen-bond acceptors (Lipinski definition) is 3. The highest BCUT2D eigenvalue weighted by atomic mass is 35.5. The molecule has 2 rings (SSSR count). The minimum atomic E-state index is 0. The monoisotopic (exact) mass is 317 g/mol. The molecule has 2 unspecified atom stereocenters. The van der Waals surface area contributed by atoms with Crippen LogP contribution >= 0.6 is 12.4 Å². The Kier molecular flexibility index (Phi) is 7.46. The summed E-state index contributed by atoms with van der Waals surface area (Å²) in [7, 11) is 0. The average Bonchev–Trinajstić information content (AvgIpc) is 2.86. The van der Waals surface area contributed by atoms with Crippen LogP contribution in [0.1, 0.15) is 45.4 Å². The van der Waals surface area contributed by atoms with Crippen molar-refractivity contribution in [2.75, 3.05) is 19.6 Å². The molecule has 0 radical (unpaired) electrons. The molecule has 122 valence electrons. The summed E-state index contributed by atoms with van der Waals surface area (Å²) >= 11 is 0. The Bertz CT molecular complexity index is 359. The molecule has 2 atom stereocenters. The molecular weight excluding hydrogens is 290 g/mol. The second kappa shape index (κ2) is 8.59. The van der Waals surface area contributed by atoms with Crippen molar-refractivity contribution < 1.29 is 9.59 Å². The first-order valence-electron chi connectivity index (χ1n) is 7.89. The lowest BCUT2D eigenvalue weighted by Gasteiger charge is -2.24. The molecule has 2 amide bonds. The van der Waals surface area contributed by atoms with E-state index < -0.39 is 0 Å². The van der Waals surface area contributed by atoms with E-state index in [-0.39, 0.29) is 42.7 Å². The molecule has 1 saturated heterocycles. The quantitative estimate of drug-likeness (QED) is 0.820. The van der Waals surface area contributed by atoms with Gasteiger partial charge in [0.15, 0.2) is 0 Å². The third-order valence-electron chi connectivity index (χ3n) is 4.70. The third kappa shape index (κ3) is 4.85. The van der Waals surface area contributed by atoms with Crippen molar-refractivity contribution >= 4 is 24.2 Å². The predicted molar refractivity (Wildman–Crippen MR) is 85.2 cm³/mol. The summed E-state index contributed by atoms with van der Waals surface area (Å²) < 4.78 is 0. The second-order valence-electron chi connectivity index (χ2n) is 6.29. The normalized spacial score (nSPS) is 26.3. The number of likely N-dealkylation sites (tertiary alicyclic amines) is 1. The van der Waals surface area contributed by atoms with Gasteiger partial charge in [-0.25, -0.2) is 0 Å². The third-order valence-corrected chi connectivity index (χ3v) is 4.70. The van der Waals surface area contributed by atoms with Crippen molar-refractivity contribution in [1.82, 2.24) is 10.2 Å². The number of carbonyl (C=O) groups excluding carboxylic acids is 2. The first-order chi connectivity index (χ1) is 9.61.